The zero-order valence-corrected chi connectivity index (χ0v) is 11.9. The molecule has 2 amide bonds. The summed E-state index contributed by atoms with van der Waals surface area (Å²) in [6.07, 6.45) is -0.571. The van der Waals surface area contributed by atoms with Crippen molar-refractivity contribution >= 4 is 11.7 Å². The maximum absolute atomic E-state index is 12.7. The van der Waals surface area contributed by atoms with Gasteiger partial charge in [0.2, 0.25) is 0 Å². The van der Waals surface area contributed by atoms with Crippen molar-refractivity contribution in [3.8, 4) is 0 Å². The number of urea groups is 1. The molecule has 1 aliphatic rings. The first-order valence-electron chi connectivity index (χ1n) is 7.16. The molecule has 1 saturated heterocycles. The maximum atomic E-state index is 12.7. The van der Waals surface area contributed by atoms with Gasteiger partial charge >= 0.3 is 12.2 Å². The Labute approximate surface area is 122 Å². The van der Waals surface area contributed by atoms with Crippen molar-refractivity contribution in [2.24, 2.45) is 0 Å². The summed E-state index contributed by atoms with van der Waals surface area (Å²) in [5.74, 6) is 0. The van der Waals surface area contributed by atoms with Crippen LogP contribution in [0.15, 0.2) is 24.3 Å². The highest BCUT2D eigenvalue weighted by atomic mass is 19.4. The normalized spacial score (nSPS) is 19.4. The van der Waals surface area contributed by atoms with Gasteiger partial charge in [-0.25, -0.2) is 4.79 Å². The summed E-state index contributed by atoms with van der Waals surface area (Å²) in [7, 11) is 0. The molecule has 1 atom stereocenters. The lowest BCUT2D eigenvalue weighted by Gasteiger charge is -2.35. The van der Waals surface area contributed by atoms with Crippen LogP contribution in [0.5, 0.6) is 0 Å². The number of carbonyl (C=O) groups is 1. The second-order valence-corrected chi connectivity index (χ2v) is 5.26. The summed E-state index contributed by atoms with van der Waals surface area (Å²) in [6, 6.07) is 4.57. The van der Waals surface area contributed by atoms with Gasteiger partial charge < -0.3 is 10.2 Å². The van der Waals surface area contributed by atoms with Crippen LogP contribution in [0.1, 0.15) is 38.2 Å². The average Bonchev–Trinajstić information content (AvgIpc) is 2.46. The van der Waals surface area contributed by atoms with Gasteiger partial charge in [0, 0.05) is 18.3 Å². The summed E-state index contributed by atoms with van der Waals surface area (Å²) < 4.78 is 38.0. The van der Waals surface area contributed by atoms with Crippen molar-refractivity contribution in [2.75, 3.05) is 11.9 Å². The molecular formula is C15H19F3N2O. The van der Waals surface area contributed by atoms with Gasteiger partial charge in [-0.15, -0.1) is 0 Å². The van der Waals surface area contributed by atoms with E-state index in [0.717, 1.165) is 37.8 Å². The van der Waals surface area contributed by atoms with Crippen LogP contribution in [-0.2, 0) is 6.18 Å². The minimum absolute atomic E-state index is 0.171. The van der Waals surface area contributed by atoms with Crippen molar-refractivity contribution in [3.63, 3.8) is 0 Å². The standard InChI is InChI=1S/C15H19F3N2O/c1-2-13-8-3-4-9-20(13)14(21)19-12-7-5-6-11(10-12)15(16,17)18/h5-7,10,13H,2-4,8-9H2,1H3,(H,19,21)/t13-/m1/s1. The number of piperidine rings is 1. The third kappa shape index (κ3) is 3.89. The molecule has 21 heavy (non-hydrogen) atoms. The van der Waals surface area contributed by atoms with Gasteiger partial charge in [-0.05, 0) is 43.9 Å². The van der Waals surface area contributed by atoms with E-state index in [1.807, 2.05) is 6.92 Å². The van der Waals surface area contributed by atoms with Crippen molar-refractivity contribution in [2.45, 2.75) is 44.8 Å². The average molecular weight is 300 g/mol. The molecule has 0 spiro atoms. The van der Waals surface area contributed by atoms with Crippen molar-refractivity contribution in [1.82, 2.24) is 4.90 Å². The van der Waals surface area contributed by atoms with E-state index in [2.05, 4.69) is 5.32 Å². The Morgan fingerprint density at radius 3 is 2.81 bits per heavy atom. The van der Waals surface area contributed by atoms with Crippen LogP contribution in [0.25, 0.3) is 0 Å². The molecule has 1 N–H and O–H groups in total. The van der Waals surface area contributed by atoms with E-state index in [9.17, 15) is 18.0 Å². The predicted octanol–water partition coefficient (Wildman–Crippen LogP) is 4.50. The van der Waals surface area contributed by atoms with Gasteiger partial charge in [0.05, 0.1) is 5.56 Å². The lowest BCUT2D eigenvalue weighted by molar-refractivity contribution is -0.137. The fourth-order valence-corrected chi connectivity index (χ4v) is 2.66. The minimum atomic E-state index is -4.40. The number of anilines is 1. The Balaban J connectivity index is 2.08. The first-order valence-corrected chi connectivity index (χ1v) is 7.16. The monoisotopic (exact) mass is 300 g/mol. The predicted molar refractivity (Wildman–Crippen MR) is 75.1 cm³/mol. The highest BCUT2D eigenvalue weighted by molar-refractivity contribution is 5.89. The third-order valence-corrected chi connectivity index (χ3v) is 3.80. The molecule has 0 aromatic heterocycles. The number of alkyl halides is 3. The van der Waals surface area contributed by atoms with Gasteiger partial charge in [0.15, 0.2) is 0 Å². The number of benzene rings is 1. The van der Waals surface area contributed by atoms with E-state index in [-0.39, 0.29) is 17.8 Å². The number of likely N-dealkylation sites (tertiary alicyclic amines) is 1. The van der Waals surface area contributed by atoms with E-state index >= 15 is 0 Å². The third-order valence-electron chi connectivity index (χ3n) is 3.80. The molecule has 0 radical (unpaired) electrons. The molecule has 1 aromatic rings. The molecule has 116 valence electrons. The van der Waals surface area contributed by atoms with Crippen LogP contribution in [-0.4, -0.2) is 23.5 Å². The molecule has 0 unspecified atom stereocenters. The second kappa shape index (κ2) is 6.37. The number of halogens is 3. The Bertz CT molecular complexity index is 502. The fraction of sp³-hybridized carbons (Fsp3) is 0.533. The molecule has 1 aromatic carbocycles. The Morgan fingerprint density at radius 1 is 1.38 bits per heavy atom. The van der Waals surface area contributed by atoms with E-state index in [1.165, 1.54) is 12.1 Å². The molecule has 0 saturated carbocycles. The number of amides is 2. The number of carbonyl (C=O) groups excluding carboxylic acids is 1. The Kier molecular flexibility index (Phi) is 4.75. The largest absolute Gasteiger partial charge is 0.416 e. The van der Waals surface area contributed by atoms with Crippen LogP contribution < -0.4 is 5.32 Å². The SMILES string of the molecule is CC[C@@H]1CCCCN1C(=O)Nc1cccc(C(F)(F)F)c1. The zero-order valence-electron chi connectivity index (χ0n) is 11.9. The van der Waals surface area contributed by atoms with Crippen LogP contribution in [0.2, 0.25) is 0 Å². The van der Waals surface area contributed by atoms with Gasteiger partial charge in [0.1, 0.15) is 0 Å². The van der Waals surface area contributed by atoms with Gasteiger partial charge in [-0.3, -0.25) is 0 Å². The van der Waals surface area contributed by atoms with Crippen molar-refractivity contribution < 1.29 is 18.0 Å². The number of hydrogen-bond acceptors (Lipinski definition) is 1. The van der Waals surface area contributed by atoms with Gasteiger partial charge in [0.25, 0.3) is 0 Å². The minimum Gasteiger partial charge on any atom is -0.322 e. The molecule has 1 fully saturated rings. The highest BCUT2D eigenvalue weighted by Crippen LogP contribution is 2.31. The van der Waals surface area contributed by atoms with Crippen LogP contribution in [0.4, 0.5) is 23.7 Å². The molecule has 3 nitrogen and oxygen atoms in total. The summed E-state index contributed by atoms with van der Waals surface area (Å²) in [6.45, 7) is 2.67. The van der Waals surface area contributed by atoms with E-state index < -0.39 is 11.7 Å². The van der Waals surface area contributed by atoms with E-state index in [0.29, 0.717) is 6.54 Å². The van der Waals surface area contributed by atoms with Crippen LogP contribution >= 0.6 is 0 Å². The molecular weight excluding hydrogens is 281 g/mol. The summed E-state index contributed by atoms with van der Waals surface area (Å²) in [5, 5.41) is 2.58. The lowest BCUT2D eigenvalue weighted by atomic mass is 10.0. The number of rotatable bonds is 2. The van der Waals surface area contributed by atoms with E-state index in [1.54, 1.807) is 4.90 Å². The van der Waals surface area contributed by atoms with E-state index in [4.69, 9.17) is 0 Å². The lowest BCUT2D eigenvalue weighted by Crippen LogP contribution is -2.45. The molecule has 0 aliphatic carbocycles. The molecule has 2 rings (SSSR count). The van der Waals surface area contributed by atoms with Crippen molar-refractivity contribution in [3.05, 3.63) is 29.8 Å². The number of hydrogen-bond donors (Lipinski definition) is 1. The maximum Gasteiger partial charge on any atom is 0.416 e. The van der Waals surface area contributed by atoms with Crippen LogP contribution in [0.3, 0.4) is 0 Å². The molecule has 1 aliphatic heterocycles. The van der Waals surface area contributed by atoms with Crippen LogP contribution in [0, 0.1) is 0 Å². The first kappa shape index (κ1) is 15.7. The molecule has 0 bridgehead atoms. The van der Waals surface area contributed by atoms with Gasteiger partial charge in [-0.1, -0.05) is 13.0 Å². The summed E-state index contributed by atoms with van der Waals surface area (Å²) in [4.78, 5) is 14.0. The summed E-state index contributed by atoms with van der Waals surface area (Å²) in [5.41, 5.74) is -0.582. The quantitative estimate of drug-likeness (QED) is 0.856. The number of nitrogens with zero attached hydrogens (tertiary/aromatic N) is 1. The highest BCUT2D eigenvalue weighted by Gasteiger charge is 2.31. The first-order chi connectivity index (χ1) is 9.91. The Hall–Kier alpha value is -1.72. The molecule has 1 heterocycles. The number of nitrogens with one attached hydrogen (secondary N) is 1. The fourth-order valence-electron chi connectivity index (χ4n) is 2.66. The Morgan fingerprint density at radius 2 is 2.14 bits per heavy atom. The topological polar surface area (TPSA) is 32.3 Å². The zero-order chi connectivity index (χ0) is 15.5. The molecule has 6 heteroatoms. The summed E-state index contributed by atoms with van der Waals surface area (Å²) >= 11 is 0. The smallest absolute Gasteiger partial charge is 0.322 e. The van der Waals surface area contributed by atoms with Gasteiger partial charge in [-0.2, -0.15) is 13.2 Å². The second-order valence-electron chi connectivity index (χ2n) is 5.26. The van der Waals surface area contributed by atoms with Crippen molar-refractivity contribution in [1.29, 1.82) is 0 Å².